The third-order valence-corrected chi connectivity index (χ3v) is 9.46. The summed E-state index contributed by atoms with van der Waals surface area (Å²) in [4.78, 5) is 30.6. The number of carbonyl (C=O) groups is 2. The predicted octanol–water partition coefficient (Wildman–Crippen LogP) is 4.03. The van der Waals surface area contributed by atoms with Crippen LogP contribution in [-0.2, 0) is 16.0 Å². The summed E-state index contributed by atoms with van der Waals surface area (Å²) in [7, 11) is 0. The molecule has 4 bridgehead atoms. The normalized spacial score (nSPS) is 33.6. The molecule has 4 N–H and O–H groups in total. The average Bonchev–Trinajstić information content (AvgIpc) is 2.87. The van der Waals surface area contributed by atoms with Crippen LogP contribution in [0.5, 0.6) is 0 Å². The van der Waals surface area contributed by atoms with E-state index in [1.54, 1.807) is 12.4 Å². The van der Waals surface area contributed by atoms with Crippen molar-refractivity contribution in [3.63, 3.8) is 0 Å². The maximum Gasteiger partial charge on any atom is 0.230 e. The molecule has 6 nitrogen and oxygen atoms in total. The molecule has 2 aromatic rings. The van der Waals surface area contributed by atoms with Crippen LogP contribution in [0, 0.1) is 29.1 Å². The van der Waals surface area contributed by atoms with Gasteiger partial charge in [-0.15, -0.1) is 0 Å². The van der Waals surface area contributed by atoms with Crippen LogP contribution < -0.4 is 16.4 Å². The number of rotatable bonds is 6. The van der Waals surface area contributed by atoms with Gasteiger partial charge in [0.05, 0.1) is 11.3 Å². The van der Waals surface area contributed by atoms with Crippen molar-refractivity contribution < 1.29 is 9.59 Å². The van der Waals surface area contributed by atoms with Gasteiger partial charge < -0.3 is 16.4 Å². The van der Waals surface area contributed by atoms with Crippen LogP contribution in [0.4, 0.5) is 5.69 Å². The molecular formula is C29H36N4O2. The summed E-state index contributed by atoms with van der Waals surface area (Å²) >= 11 is 0. The van der Waals surface area contributed by atoms with E-state index < -0.39 is 0 Å². The van der Waals surface area contributed by atoms with E-state index in [9.17, 15) is 9.59 Å². The van der Waals surface area contributed by atoms with Gasteiger partial charge in [-0.1, -0.05) is 24.3 Å². The Morgan fingerprint density at radius 2 is 1.80 bits per heavy atom. The number of nitrogens with zero attached hydrogens (tertiary/aromatic N) is 1. The Morgan fingerprint density at radius 3 is 2.57 bits per heavy atom. The van der Waals surface area contributed by atoms with E-state index in [0.717, 1.165) is 44.2 Å². The second-order valence-corrected chi connectivity index (χ2v) is 11.6. The van der Waals surface area contributed by atoms with Gasteiger partial charge >= 0.3 is 0 Å². The highest BCUT2D eigenvalue weighted by Gasteiger charge is 2.59. The predicted molar refractivity (Wildman–Crippen MR) is 135 cm³/mol. The van der Waals surface area contributed by atoms with E-state index >= 15 is 0 Å². The number of nitrogens with two attached hydrogens (primary N) is 1. The third-order valence-electron chi connectivity index (χ3n) is 9.46. The molecule has 0 saturated heterocycles. The molecule has 6 heteroatoms. The number of pyridine rings is 1. The minimum Gasteiger partial charge on any atom is -0.354 e. The zero-order valence-electron chi connectivity index (χ0n) is 20.3. The summed E-state index contributed by atoms with van der Waals surface area (Å²) < 4.78 is 0. The van der Waals surface area contributed by atoms with Crippen LogP contribution in [0.1, 0.15) is 62.0 Å². The number of aryl methyl sites for hydroxylation is 1. The minimum absolute atomic E-state index is 0.0620. The molecule has 35 heavy (non-hydrogen) atoms. The molecule has 0 radical (unpaired) electrons. The first-order valence-electron chi connectivity index (χ1n) is 13.3. The number of carbonyl (C=O) groups excluding carboxylic acids is 2. The lowest BCUT2D eigenvalue weighted by atomic mass is 9.45. The molecule has 0 spiro atoms. The van der Waals surface area contributed by atoms with Crippen LogP contribution in [0.25, 0.3) is 0 Å². The lowest BCUT2D eigenvalue weighted by Gasteiger charge is -2.60. The van der Waals surface area contributed by atoms with Crippen LogP contribution in [-0.4, -0.2) is 29.4 Å². The third kappa shape index (κ3) is 4.16. The van der Waals surface area contributed by atoms with Crippen molar-refractivity contribution in [2.24, 2.45) is 34.8 Å². The van der Waals surface area contributed by atoms with Crippen LogP contribution in [0.15, 0.2) is 48.8 Å². The summed E-state index contributed by atoms with van der Waals surface area (Å²) in [5.74, 6) is 2.15. The Balaban J connectivity index is 1.10. The fourth-order valence-electron chi connectivity index (χ4n) is 8.24. The Morgan fingerprint density at radius 1 is 1.06 bits per heavy atom. The summed E-state index contributed by atoms with van der Waals surface area (Å²) in [5, 5.41) is 6.38. The van der Waals surface area contributed by atoms with Gasteiger partial charge in [-0.25, -0.2) is 0 Å². The Hall–Kier alpha value is -2.73. The zero-order chi connectivity index (χ0) is 24.0. The lowest BCUT2D eigenvalue weighted by molar-refractivity contribution is -0.149. The summed E-state index contributed by atoms with van der Waals surface area (Å²) in [6, 6.07) is 12.0. The van der Waals surface area contributed by atoms with Crippen molar-refractivity contribution in [1.29, 1.82) is 0 Å². The van der Waals surface area contributed by atoms with Crippen molar-refractivity contribution in [3.05, 3.63) is 59.9 Å². The van der Waals surface area contributed by atoms with Crippen LogP contribution in [0.3, 0.4) is 0 Å². The summed E-state index contributed by atoms with van der Waals surface area (Å²) in [6.45, 7) is 0.524. The number of aromatic nitrogens is 1. The molecule has 2 amide bonds. The summed E-state index contributed by atoms with van der Waals surface area (Å²) in [6.07, 6.45) is 11.6. The fourth-order valence-corrected chi connectivity index (χ4v) is 8.24. The highest BCUT2D eigenvalue weighted by Crippen LogP contribution is 2.63. The summed E-state index contributed by atoms with van der Waals surface area (Å²) in [5.41, 5.74) is 9.83. The van der Waals surface area contributed by atoms with Gasteiger partial charge in [0.2, 0.25) is 11.8 Å². The maximum absolute atomic E-state index is 13.4. The van der Waals surface area contributed by atoms with Gasteiger partial charge in [0.15, 0.2) is 0 Å². The van der Waals surface area contributed by atoms with Gasteiger partial charge in [0.25, 0.3) is 0 Å². The zero-order valence-corrected chi connectivity index (χ0v) is 20.3. The van der Waals surface area contributed by atoms with Crippen LogP contribution in [0.2, 0.25) is 0 Å². The molecule has 4 saturated carbocycles. The van der Waals surface area contributed by atoms with E-state index in [1.165, 1.54) is 24.0 Å². The van der Waals surface area contributed by atoms with Crippen molar-refractivity contribution >= 4 is 17.5 Å². The Kier molecular flexibility index (Phi) is 5.87. The number of anilines is 1. The van der Waals surface area contributed by atoms with Gasteiger partial charge in [-0.05, 0) is 98.3 Å². The first-order chi connectivity index (χ1) is 17.0. The van der Waals surface area contributed by atoms with E-state index in [-0.39, 0.29) is 29.2 Å². The second kappa shape index (κ2) is 9.05. The molecule has 184 valence electrons. The largest absolute Gasteiger partial charge is 0.354 e. The standard InChI is InChI=1S/C29H36N4O2/c30-25(17-32-27(34)24-7-3-5-19-4-1-2-6-23(19)24)26-20-12-18-13-21(26)16-29(14-18,15-20)28(35)33-22-8-10-31-11-9-22/h1-2,4,6,8-11,18,20-21,24-26H,3,5,7,12-17,30H2,(H,32,34)(H,31,33,35). The molecule has 4 fully saturated rings. The highest BCUT2D eigenvalue weighted by molar-refractivity contribution is 5.95. The number of hydrogen-bond donors (Lipinski definition) is 3. The lowest BCUT2D eigenvalue weighted by Crippen LogP contribution is -2.60. The molecule has 1 heterocycles. The number of hydrogen-bond acceptors (Lipinski definition) is 4. The van der Waals surface area contributed by atoms with Crippen molar-refractivity contribution in [3.8, 4) is 0 Å². The molecule has 1 aromatic carbocycles. The molecule has 4 unspecified atom stereocenters. The SMILES string of the molecule is NC(CNC(=O)C1CCCc2ccccc21)C1C2CC3CC1CC(C(=O)Nc1ccncc1)(C3)C2. The van der Waals surface area contributed by atoms with Gasteiger partial charge in [-0.2, -0.15) is 0 Å². The maximum atomic E-state index is 13.4. The molecule has 4 atom stereocenters. The first kappa shape index (κ1) is 22.7. The smallest absolute Gasteiger partial charge is 0.230 e. The second-order valence-electron chi connectivity index (χ2n) is 11.6. The molecular weight excluding hydrogens is 436 g/mol. The number of benzene rings is 1. The first-order valence-corrected chi connectivity index (χ1v) is 13.3. The van der Waals surface area contributed by atoms with Crippen LogP contribution >= 0.6 is 0 Å². The molecule has 5 aliphatic rings. The van der Waals surface area contributed by atoms with Crippen molar-refractivity contribution in [1.82, 2.24) is 10.3 Å². The molecule has 7 rings (SSSR count). The van der Waals surface area contributed by atoms with E-state index in [4.69, 9.17) is 5.73 Å². The van der Waals surface area contributed by atoms with Crippen molar-refractivity contribution in [2.75, 3.05) is 11.9 Å². The number of nitrogens with one attached hydrogen (secondary N) is 2. The molecule has 5 aliphatic carbocycles. The van der Waals surface area contributed by atoms with E-state index in [2.05, 4.69) is 33.8 Å². The van der Waals surface area contributed by atoms with Gasteiger partial charge in [0.1, 0.15) is 0 Å². The average molecular weight is 473 g/mol. The monoisotopic (exact) mass is 472 g/mol. The molecule has 0 aliphatic heterocycles. The number of fused-ring (bicyclic) bond motifs is 1. The Bertz CT molecular complexity index is 1090. The van der Waals surface area contributed by atoms with Crippen molar-refractivity contribution in [2.45, 2.75) is 63.3 Å². The fraction of sp³-hybridized carbons (Fsp3) is 0.552. The topological polar surface area (TPSA) is 97.1 Å². The number of amides is 2. The highest BCUT2D eigenvalue weighted by atomic mass is 16.2. The van der Waals surface area contributed by atoms with E-state index in [1.807, 2.05) is 18.2 Å². The Labute approximate surface area is 207 Å². The van der Waals surface area contributed by atoms with E-state index in [0.29, 0.717) is 30.2 Å². The molecule has 1 aromatic heterocycles. The minimum atomic E-state index is -0.273. The van der Waals surface area contributed by atoms with Gasteiger partial charge in [-0.3, -0.25) is 14.6 Å². The quantitative estimate of drug-likeness (QED) is 0.591. The van der Waals surface area contributed by atoms with Gasteiger partial charge in [0, 0.05) is 30.7 Å².